The third-order valence-electron chi connectivity index (χ3n) is 4.25. The second-order valence-electron chi connectivity index (χ2n) is 7.31. The van der Waals surface area contributed by atoms with Crippen molar-refractivity contribution in [3.05, 3.63) is 53.2 Å². The molecule has 0 bridgehead atoms. The van der Waals surface area contributed by atoms with Crippen LogP contribution in [0.1, 0.15) is 76.0 Å². The molecule has 0 aliphatic heterocycles. The molecule has 0 amide bonds. The van der Waals surface area contributed by atoms with Gasteiger partial charge in [-0.05, 0) is 46.6 Å². The average molecular weight is 361 g/mol. The third-order valence-corrected chi connectivity index (χ3v) is 5.74. The number of hydrogen-bond acceptors (Lipinski definition) is 3. The van der Waals surface area contributed by atoms with E-state index in [-0.39, 0.29) is 11.8 Å². The van der Waals surface area contributed by atoms with Crippen molar-refractivity contribution in [2.24, 2.45) is 0 Å². The van der Waals surface area contributed by atoms with Crippen LogP contribution in [0.3, 0.4) is 0 Å². The molecular weight excluding hydrogens is 332 g/mol. The summed E-state index contributed by atoms with van der Waals surface area (Å²) in [7, 11) is -3.72. The van der Waals surface area contributed by atoms with E-state index in [4.69, 9.17) is 0 Å². The summed E-state index contributed by atoms with van der Waals surface area (Å²) in [6, 6.07) is 9.25. The van der Waals surface area contributed by atoms with E-state index in [0.29, 0.717) is 16.6 Å². The van der Waals surface area contributed by atoms with Gasteiger partial charge in [0.25, 0.3) is 10.0 Å². The molecule has 0 fully saturated rings. The quantitative estimate of drug-likeness (QED) is 0.765. The molecule has 1 aromatic carbocycles. The minimum atomic E-state index is -3.72. The normalized spacial score (nSPS) is 12.2. The molecule has 1 N–H and O–H groups in total. The summed E-state index contributed by atoms with van der Waals surface area (Å²) in [5.41, 5.74) is 2.89. The maximum Gasteiger partial charge on any atom is 0.263 e. The number of rotatable bonds is 6. The van der Waals surface area contributed by atoms with Gasteiger partial charge in [0.05, 0.1) is 4.90 Å². The van der Waals surface area contributed by atoms with Gasteiger partial charge in [0, 0.05) is 6.20 Å². The van der Waals surface area contributed by atoms with Crippen LogP contribution >= 0.6 is 0 Å². The number of aromatic nitrogens is 1. The molecule has 25 heavy (non-hydrogen) atoms. The van der Waals surface area contributed by atoms with Crippen LogP contribution in [0, 0.1) is 0 Å². The molecule has 1 aromatic heterocycles. The molecule has 0 aliphatic carbocycles. The first-order chi connectivity index (χ1) is 11.6. The SMILES string of the molecule is CC(C)c1cc(C(C)C)c(S(=O)(=O)Nc2ccccn2)c(C(C)C)c1. The number of benzene rings is 1. The van der Waals surface area contributed by atoms with Crippen LogP contribution in [-0.2, 0) is 10.0 Å². The molecule has 2 rings (SSSR count). The van der Waals surface area contributed by atoms with Crippen molar-refractivity contribution in [1.29, 1.82) is 0 Å². The number of pyridine rings is 1. The summed E-state index contributed by atoms with van der Waals surface area (Å²) >= 11 is 0. The van der Waals surface area contributed by atoms with Gasteiger partial charge in [-0.2, -0.15) is 0 Å². The van der Waals surface area contributed by atoms with Gasteiger partial charge in [-0.1, -0.05) is 59.7 Å². The zero-order chi connectivity index (χ0) is 18.8. The molecular formula is C20H28N2O2S. The van der Waals surface area contributed by atoms with Gasteiger partial charge in [0.1, 0.15) is 5.82 Å². The van der Waals surface area contributed by atoms with Crippen molar-refractivity contribution in [1.82, 2.24) is 4.98 Å². The van der Waals surface area contributed by atoms with E-state index < -0.39 is 10.0 Å². The molecule has 0 atom stereocenters. The van der Waals surface area contributed by atoms with Crippen molar-refractivity contribution in [2.45, 2.75) is 64.2 Å². The van der Waals surface area contributed by atoms with E-state index in [1.54, 1.807) is 24.4 Å². The van der Waals surface area contributed by atoms with Crippen LogP contribution in [0.4, 0.5) is 5.82 Å². The van der Waals surface area contributed by atoms with Crippen LogP contribution in [0.2, 0.25) is 0 Å². The van der Waals surface area contributed by atoms with Crippen molar-refractivity contribution in [3.63, 3.8) is 0 Å². The lowest BCUT2D eigenvalue weighted by Crippen LogP contribution is -2.19. The first kappa shape index (κ1) is 19.4. The molecule has 4 nitrogen and oxygen atoms in total. The smallest absolute Gasteiger partial charge is 0.263 e. The highest BCUT2D eigenvalue weighted by Crippen LogP contribution is 2.35. The van der Waals surface area contributed by atoms with Crippen LogP contribution in [0.5, 0.6) is 0 Å². The lowest BCUT2D eigenvalue weighted by Gasteiger charge is -2.23. The molecule has 5 heteroatoms. The van der Waals surface area contributed by atoms with Crippen LogP contribution in [-0.4, -0.2) is 13.4 Å². The molecule has 1 heterocycles. The Kier molecular flexibility index (Phi) is 5.88. The monoisotopic (exact) mass is 360 g/mol. The largest absolute Gasteiger partial charge is 0.263 e. The standard InChI is InChI=1S/C20H28N2O2S/c1-13(2)16-11-17(14(3)4)20(18(12-16)15(5)6)25(23,24)22-19-9-7-8-10-21-19/h7-15H,1-6H3,(H,21,22). The predicted octanol–water partition coefficient (Wildman–Crippen LogP) is 5.25. The second-order valence-corrected chi connectivity index (χ2v) is 8.93. The van der Waals surface area contributed by atoms with Crippen molar-refractivity contribution >= 4 is 15.8 Å². The number of anilines is 1. The zero-order valence-electron chi connectivity index (χ0n) is 15.9. The van der Waals surface area contributed by atoms with Gasteiger partial charge in [0.15, 0.2) is 0 Å². The minimum Gasteiger partial charge on any atom is -0.263 e. The fourth-order valence-corrected chi connectivity index (χ4v) is 4.52. The van der Waals surface area contributed by atoms with E-state index in [0.717, 1.165) is 11.1 Å². The van der Waals surface area contributed by atoms with Crippen LogP contribution in [0.25, 0.3) is 0 Å². The summed E-state index contributed by atoms with van der Waals surface area (Å²) in [6.07, 6.45) is 1.58. The van der Waals surface area contributed by atoms with Gasteiger partial charge in [-0.15, -0.1) is 0 Å². The zero-order valence-corrected chi connectivity index (χ0v) is 16.7. The first-order valence-electron chi connectivity index (χ1n) is 8.75. The Morgan fingerprint density at radius 2 is 1.44 bits per heavy atom. The number of hydrogen-bond donors (Lipinski definition) is 1. The van der Waals surface area contributed by atoms with E-state index in [1.807, 2.05) is 39.8 Å². The summed E-state index contributed by atoms with van der Waals surface area (Å²) in [5, 5.41) is 0. The molecule has 0 saturated carbocycles. The first-order valence-corrected chi connectivity index (χ1v) is 10.2. The lowest BCUT2D eigenvalue weighted by atomic mass is 9.89. The molecule has 136 valence electrons. The van der Waals surface area contributed by atoms with E-state index in [9.17, 15) is 8.42 Å². The van der Waals surface area contributed by atoms with Gasteiger partial charge >= 0.3 is 0 Å². The highest BCUT2D eigenvalue weighted by atomic mass is 32.2. The second kappa shape index (κ2) is 7.56. The Balaban J connectivity index is 2.69. The molecule has 0 saturated heterocycles. The summed E-state index contributed by atoms with van der Waals surface area (Å²) < 4.78 is 29.0. The van der Waals surface area contributed by atoms with E-state index >= 15 is 0 Å². The Bertz CT molecular complexity index is 797. The van der Waals surface area contributed by atoms with Crippen LogP contribution < -0.4 is 4.72 Å². The molecule has 0 radical (unpaired) electrons. The highest BCUT2D eigenvalue weighted by molar-refractivity contribution is 7.92. The Morgan fingerprint density at radius 1 is 0.880 bits per heavy atom. The number of nitrogens with zero attached hydrogens (tertiary/aromatic N) is 1. The molecule has 0 unspecified atom stereocenters. The van der Waals surface area contributed by atoms with E-state index in [1.165, 1.54) is 5.56 Å². The van der Waals surface area contributed by atoms with Crippen LogP contribution in [0.15, 0.2) is 41.4 Å². The Morgan fingerprint density at radius 3 is 1.84 bits per heavy atom. The fourth-order valence-electron chi connectivity index (χ4n) is 2.81. The maximum absolute atomic E-state index is 13.2. The predicted molar refractivity (Wildman–Crippen MR) is 104 cm³/mol. The average Bonchev–Trinajstić information content (AvgIpc) is 2.53. The maximum atomic E-state index is 13.2. The fraction of sp³-hybridized carbons (Fsp3) is 0.450. The van der Waals surface area contributed by atoms with Gasteiger partial charge in [-0.25, -0.2) is 13.4 Å². The molecule has 2 aromatic rings. The summed E-state index contributed by atoms with van der Waals surface area (Å²) in [4.78, 5) is 4.49. The van der Waals surface area contributed by atoms with Gasteiger partial charge in [-0.3, -0.25) is 4.72 Å². The summed E-state index contributed by atoms with van der Waals surface area (Å²) in [5.74, 6) is 0.883. The number of nitrogens with one attached hydrogen (secondary N) is 1. The highest BCUT2D eigenvalue weighted by Gasteiger charge is 2.27. The molecule has 0 aliphatic rings. The Hall–Kier alpha value is -1.88. The van der Waals surface area contributed by atoms with E-state index in [2.05, 4.69) is 23.6 Å². The summed E-state index contributed by atoms with van der Waals surface area (Å²) in [6.45, 7) is 12.4. The van der Waals surface area contributed by atoms with Gasteiger partial charge in [0.2, 0.25) is 0 Å². The van der Waals surface area contributed by atoms with Crippen molar-refractivity contribution < 1.29 is 8.42 Å². The van der Waals surface area contributed by atoms with Crippen molar-refractivity contribution in [3.8, 4) is 0 Å². The minimum absolute atomic E-state index is 0.103. The molecule has 0 spiro atoms. The lowest BCUT2D eigenvalue weighted by molar-refractivity contribution is 0.595. The van der Waals surface area contributed by atoms with Crippen molar-refractivity contribution in [2.75, 3.05) is 4.72 Å². The van der Waals surface area contributed by atoms with Gasteiger partial charge < -0.3 is 0 Å². The Labute approximate surface area is 151 Å². The number of sulfonamides is 1. The topological polar surface area (TPSA) is 59.1 Å². The third kappa shape index (κ3) is 4.40.